The van der Waals surface area contributed by atoms with Crippen molar-refractivity contribution < 1.29 is 0 Å². The summed E-state index contributed by atoms with van der Waals surface area (Å²) >= 11 is 1.69. The highest BCUT2D eigenvalue weighted by Crippen LogP contribution is 2.17. The van der Waals surface area contributed by atoms with Gasteiger partial charge in [0.15, 0.2) is 5.96 Å². The molecule has 24 heavy (non-hydrogen) atoms. The van der Waals surface area contributed by atoms with Crippen LogP contribution in [0.25, 0.3) is 0 Å². The van der Waals surface area contributed by atoms with Crippen LogP contribution in [0.5, 0.6) is 0 Å². The summed E-state index contributed by atoms with van der Waals surface area (Å²) in [5, 5.41) is 14.3. The van der Waals surface area contributed by atoms with Crippen molar-refractivity contribution in [2.24, 2.45) is 12.0 Å². The number of hydrogen-bond acceptors (Lipinski definition) is 4. The average molecular weight is 349 g/mol. The minimum atomic E-state index is 0.466. The lowest BCUT2D eigenvalue weighted by Gasteiger charge is -2.10. The first-order valence-electron chi connectivity index (χ1n) is 8.37. The lowest BCUT2D eigenvalue weighted by Crippen LogP contribution is -2.36. The number of aromatic nitrogens is 3. The zero-order valence-corrected chi connectivity index (χ0v) is 16.3. The molecule has 2 heterocycles. The zero-order valence-electron chi connectivity index (χ0n) is 15.5. The summed E-state index contributed by atoms with van der Waals surface area (Å²) < 4.78 is 1.91. The zero-order chi connectivity index (χ0) is 17.7. The van der Waals surface area contributed by atoms with Gasteiger partial charge in [-0.1, -0.05) is 13.8 Å². The molecule has 0 saturated carbocycles. The van der Waals surface area contributed by atoms with Crippen molar-refractivity contribution in [1.82, 2.24) is 25.4 Å². The SMILES string of the molecule is CCNC(=NCc1c(C)nn(C)c1C)NCc1nc(C(C)C)cs1. The summed E-state index contributed by atoms with van der Waals surface area (Å²) in [4.78, 5) is 9.35. The van der Waals surface area contributed by atoms with Crippen LogP contribution in [-0.4, -0.2) is 27.3 Å². The van der Waals surface area contributed by atoms with Gasteiger partial charge < -0.3 is 10.6 Å². The topological polar surface area (TPSA) is 67.1 Å². The largest absolute Gasteiger partial charge is 0.357 e. The molecule has 0 saturated heterocycles. The van der Waals surface area contributed by atoms with Gasteiger partial charge in [-0.25, -0.2) is 9.98 Å². The van der Waals surface area contributed by atoms with Crippen LogP contribution in [0.4, 0.5) is 0 Å². The highest BCUT2D eigenvalue weighted by molar-refractivity contribution is 7.09. The second-order valence-electron chi connectivity index (χ2n) is 6.14. The van der Waals surface area contributed by atoms with Gasteiger partial charge in [-0.05, 0) is 26.7 Å². The van der Waals surface area contributed by atoms with E-state index in [0.29, 0.717) is 19.0 Å². The molecule has 0 aliphatic heterocycles. The van der Waals surface area contributed by atoms with E-state index in [0.717, 1.165) is 34.6 Å². The van der Waals surface area contributed by atoms with E-state index in [1.54, 1.807) is 11.3 Å². The van der Waals surface area contributed by atoms with Gasteiger partial charge in [-0.15, -0.1) is 11.3 Å². The Hall–Kier alpha value is -1.89. The third kappa shape index (κ3) is 4.56. The van der Waals surface area contributed by atoms with Crippen molar-refractivity contribution in [3.63, 3.8) is 0 Å². The molecule has 132 valence electrons. The smallest absolute Gasteiger partial charge is 0.191 e. The van der Waals surface area contributed by atoms with E-state index < -0.39 is 0 Å². The van der Waals surface area contributed by atoms with Gasteiger partial charge in [-0.2, -0.15) is 5.10 Å². The molecule has 0 fully saturated rings. The van der Waals surface area contributed by atoms with Crippen molar-refractivity contribution >= 4 is 17.3 Å². The predicted octanol–water partition coefficient (Wildman–Crippen LogP) is 2.87. The minimum Gasteiger partial charge on any atom is -0.357 e. The van der Waals surface area contributed by atoms with E-state index in [1.165, 1.54) is 5.56 Å². The monoisotopic (exact) mass is 348 g/mol. The van der Waals surface area contributed by atoms with Crippen LogP contribution in [0.1, 0.15) is 54.3 Å². The van der Waals surface area contributed by atoms with Gasteiger partial charge in [0.1, 0.15) is 5.01 Å². The van der Waals surface area contributed by atoms with Crippen molar-refractivity contribution in [2.75, 3.05) is 6.54 Å². The Balaban J connectivity index is 2.02. The van der Waals surface area contributed by atoms with Crippen molar-refractivity contribution in [3.8, 4) is 0 Å². The summed E-state index contributed by atoms with van der Waals surface area (Å²) in [5.74, 6) is 1.27. The Morgan fingerprint density at radius 2 is 2.08 bits per heavy atom. The van der Waals surface area contributed by atoms with Crippen molar-refractivity contribution in [2.45, 2.75) is 53.6 Å². The molecule has 0 bridgehead atoms. The molecule has 2 N–H and O–H groups in total. The summed E-state index contributed by atoms with van der Waals surface area (Å²) in [6, 6.07) is 0. The molecule has 6 nitrogen and oxygen atoms in total. The fraction of sp³-hybridized carbons (Fsp3) is 0.588. The maximum atomic E-state index is 4.69. The van der Waals surface area contributed by atoms with Crippen LogP contribution in [0.15, 0.2) is 10.4 Å². The Morgan fingerprint density at radius 1 is 1.33 bits per heavy atom. The molecule has 0 amide bonds. The van der Waals surface area contributed by atoms with Gasteiger partial charge in [0.05, 0.1) is 24.5 Å². The first kappa shape index (κ1) is 18.4. The Labute approximate surface area is 148 Å². The molecule has 0 radical (unpaired) electrons. The Morgan fingerprint density at radius 3 is 2.62 bits per heavy atom. The number of guanidine groups is 1. The van der Waals surface area contributed by atoms with Crippen molar-refractivity contribution in [1.29, 1.82) is 0 Å². The van der Waals surface area contributed by atoms with Crippen LogP contribution in [0.2, 0.25) is 0 Å². The van der Waals surface area contributed by atoms with E-state index in [1.807, 2.05) is 18.7 Å². The van der Waals surface area contributed by atoms with E-state index in [9.17, 15) is 0 Å². The van der Waals surface area contributed by atoms with E-state index in [-0.39, 0.29) is 0 Å². The first-order chi connectivity index (χ1) is 11.4. The second-order valence-corrected chi connectivity index (χ2v) is 7.09. The molecular weight excluding hydrogens is 320 g/mol. The fourth-order valence-electron chi connectivity index (χ4n) is 2.38. The molecule has 2 aromatic heterocycles. The molecule has 0 atom stereocenters. The number of nitrogens with zero attached hydrogens (tertiary/aromatic N) is 4. The average Bonchev–Trinajstić information content (AvgIpc) is 3.09. The third-order valence-corrected chi connectivity index (χ3v) is 4.83. The molecule has 0 aliphatic carbocycles. The number of aryl methyl sites for hydroxylation is 2. The van der Waals surface area contributed by atoms with Gasteiger partial charge in [0.25, 0.3) is 0 Å². The number of rotatable bonds is 6. The van der Waals surface area contributed by atoms with E-state index >= 15 is 0 Å². The fourth-order valence-corrected chi connectivity index (χ4v) is 3.27. The van der Waals surface area contributed by atoms with Gasteiger partial charge in [0.2, 0.25) is 0 Å². The lowest BCUT2D eigenvalue weighted by atomic mass is 10.2. The maximum Gasteiger partial charge on any atom is 0.191 e. The molecule has 0 aromatic carbocycles. The highest BCUT2D eigenvalue weighted by Gasteiger charge is 2.10. The molecule has 7 heteroatoms. The Bertz CT molecular complexity index is 698. The van der Waals surface area contributed by atoms with E-state index in [2.05, 4.69) is 53.8 Å². The standard InChI is InChI=1S/C17H28N6S/c1-7-18-17(19-8-14-12(4)22-23(6)13(14)5)20-9-16-21-15(10-24-16)11(2)3/h10-11H,7-9H2,1-6H3,(H2,18,19,20). The third-order valence-electron chi connectivity index (χ3n) is 3.97. The predicted molar refractivity (Wildman–Crippen MR) is 101 cm³/mol. The second kappa shape index (κ2) is 8.28. The molecule has 0 spiro atoms. The highest BCUT2D eigenvalue weighted by atomic mass is 32.1. The minimum absolute atomic E-state index is 0.466. The van der Waals surface area contributed by atoms with Gasteiger partial charge >= 0.3 is 0 Å². The van der Waals surface area contributed by atoms with Crippen LogP contribution in [0.3, 0.4) is 0 Å². The van der Waals surface area contributed by atoms with Crippen LogP contribution in [-0.2, 0) is 20.1 Å². The molecule has 0 unspecified atom stereocenters. The Kier molecular flexibility index (Phi) is 6.36. The number of thiazole rings is 1. The molecule has 0 aliphatic rings. The summed E-state index contributed by atoms with van der Waals surface area (Å²) in [5.41, 5.74) is 4.54. The summed E-state index contributed by atoms with van der Waals surface area (Å²) in [7, 11) is 1.97. The lowest BCUT2D eigenvalue weighted by molar-refractivity contribution is 0.730. The first-order valence-corrected chi connectivity index (χ1v) is 9.25. The number of hydrogen-bond donors (Lipinski definition) is 2. The van der Waals surface area contributed by atoms with Gasteiger partial charge in [-0.3, -0.25) is 4.68 Å². The summed E-state index contributed by atoms with van der Waals surface area (Å²) in [6.45, 7) is 12.6. The number of aliphatic imine (C=N–C) groups is 1. The molecular formula is C17H28N6S. The number of nitrogens with one attached hydrogen (secondary N) is 2. The normalized spacial score (nSPS) is 12.0. The van der Waals surface area contributed by atoms with Crippen molar-refractivity contribution in [3.05, 3.63) is 33.0 Å². The quantitative estimate of drug-likeness (QED) is 0.622. The van der Waals surface area contributed by atoms with E-state index in [4.69, 9.17) is 4.99 Å². The van der Waals surface area contributed by atoms with Crippen LogP contribution in [0, 0.1) is 13.8 Å². The summed E-state index contributed by atoms with van der Waals surface area (Å²) in [6.07, 6.45) is 0. The maximum absolute atomic E-state index is 4.69. The van der Waals surface area contributed by atoms with Crippen LogP contribution < -0.4 is 10.6 Å². The molecule has 2 aromatic rings. The van der Waals surface area contributed by atoms with Crippen LogP contribution >= 0.6 is 11.3 Å². The van der Waals surface area contributed by atoms with Gasteiger partial charge in [0, 0.05) is 30.2 Å². The molecule has 2 rings (SSSR count).